The quantitative estimate of drug-likeness (QED) is 0.355. The number of rotatable bonds is 10. The summed E-state index contributed by atoms with van der Waals surface area (Å²) in [7, 11) is 0. The van der Waals surface area contributed by atoms with E-state index < -0.39 is 17.5 Å². The average molecular weight is 435 g/mol. The van der Waals surface area contributed by atoms with Gasteiger partial charge in [0.05, 0.1) is 19.3 Å². The molecule has 31 heavy (non-hydrogen) atoms. The number of ether oxygens (including phenoxy) is 2. The Morgan fingerprint density at radius 1 is 0.903 bits per heavy atom. The van der Waals surface area contributed by atoms with Crippen LogP contribution in [0.15, 0.2) is 30.3 Å². The third-order valence-corrected chi connectivity index (χ3v) is 6.06. The van der Waals surface area contributed by atoms with Crippen LogP contribution in [0.25, 0.3) is 11.1 Å². The van der Waals surface area contributed by atoms with Gasteiger partial charge in [0.2, 0.25) is 5.82 Å². The monoisotopic (exact) mass is 434 g/mol. The zero-order chi connectivity index (χ0) is 22.2. The molecular formula is C26H33F3O2. The maximum atomic E-state index is 14.9. The van der Waals surface area contributed by atoms with Crippen molar-refractivity contribution in [3.8, 4) is 16.9 Å². The summed E-state index contributed by atoms with van der Waals surface area (Å²) in [4.78, 5) is 0. The van der Waals surface area contributed by atoms with Gasteiger partial charge in [-0.3, -0.25) is 0 Å². The molecule has 0 N–H and O–H groups in total. The molecule has 2 nitrogen and oxygen atoms in total. The van der Waals surface area contributed by atoms with Crippen LogP contribution in [0.3, 0.4) is 0 Å². The van der Waals surface area contributed by atoms with Gasteiger partial charge in [-0.1, -0.05) is 51.7 Å². The molecule has 0 radical (unpaired) electrons. The highest BCUT2D eigenvalue weighted by Crippen LogP contribution is 2.35. The van der Waals surface area contributed by atoms with Crippen molar-refractivity contribution in [2.24, 2.45) is 0 Å². The zero-order valence-electron chi connectivity index (χ0n) is 18.6. The van der Waals surface area contributed by atoms with Crippen LogP contribution < -0.4 is 4.74 Å². The normalized spacial score (nSPS) is 18.9. The average Bonchev–Trinajstić information content (AvgIpc) is 2.78. The Kier molecular flexibility index (Phi) is 8.82. The molecule has 1 aliphatic heterocycles. The highest BCUT2D eigenvalue weighted by atomic mass is 19.2. The Balaban J connectivity index is 1.68. The first-order valence-electron chi connectivity index (χ1n) is 11.6. The number of hydrogen-bond donors (Lipinski definition) is 0. The second-order valence-electron chi connectivity index (χ2n) is 8.41. The molecular weight excluding hydrogens is 401 g/mol. The van der Waals surface area contributed by atoms with E-state index in [1.54, 1.807) is 6.07 Å². The van der Waals surface area contributed by atoms with Crippen LogP contribution in [0.4, 0.5) is 13.2 Å². The van der Waals surface area contributed by atoms with Crippen LogP contribution in [0.5, 0.6) is 5.75 Å². The Hall–Kier alpha value is -2.01. The van der Waals surface area contributed by atoms with Crippen molar-refractivity contribution in [2.45, 2.75) is 77.2 Å². The molecule has 3 rings (SSSR count). The molecule has 0 spiro atoms. The Morgan fingerprint density at radius 2 is 1.68 bits per heavy atom. The predicted molar refractivity (Wildman–Crippen MR) is 118 cm³/mol. The van der Waals surface area contributed by atoms with Gasteiger partial charge in [0.25, 0.3) is 0 Å². The van der Waals surface area contributed by atoms with E-state index in [-0.39, 0.29) is 22.8 Å². The van der Waals surface area contributed by atoms with Crippen LogP contribution >= 0.6 is 0 Å². The van der Waals surface area contributed by atoms with E-state index >= 15 is 0 Å². The molecule has 2 aromatic carbocycles. The van der Waals surface area contributed by atoms with Gasteiger partial charge >= 0.3 is 0 Å². The number of benzene rings is 2. The highest BCUT2D eigenvalue weighted by Gasteiger charge is 2.24. The molecule has 170 valence electrons. The lowest BCUT2D eigenvalue weighted by molar-refractivity contribution is -0.00211. The molecule has 0 amide bonds. The van der Waals surface area contributed by atoms with E-state index in [1.165, 1.54) is 43.5 Å². The maximum Gasteiger partial charge on any atom is 0.201 e. The summed E-state index contributed by atoms with van der Waals surface area (Å²) in [6.07, 6.45) is 8.53. The second-order valence-corrected chi connectivity index (χ2v) is 8.41. The minimum atomic E-state index is -1.09. The largest absolute Gasteiger partial charge is 0.490 e. The zero-order valence-corrected chi connectivity index (χ0v) is 18.6. The fraction of sp³-hybridized carbons (Fsp3) is 0.538. The lowest BCUT2D eigenvalue weighted by Gasteiger charge is -2.29. The molecule has 5 heteroatoms. The Labute approximate surface area is 183 Å². The van der Waals surface area contributed by atoms with Crippen molar-refractivity contribution >= 4 is 0 Å². The van der Waals surface area contributed by atoms with Crippen molar-refractivity contribution in [3.63, 3.8) is 0 Å². The molecule has 0 aliphatic carbocycles. The van der Waals surface area contributed by atoms with Crippen LogP contribution in [-0.4, -0.2) is 19.3 Å². The summed E-state index contributed by atoms with van der Waals surface area (Å²) < 4.78 is 55.2. The van der Waals surface area contributed by atoms with Crippen molar-refractivity contribution in [3.05, 3.63) is 53.3 Å². The van der Waals surface area contributed by atoms with Crippen LogP contribution in [0.1, 0.15) is 76.7 Å². The van der Waals surface area contributed by atoms with Gasteiger partial charge in [-0.25, -0.2) is 8.78 Å². The van der Waals surface area contributed by atoms with E-state index in [1.807, 2.05) is 6.92 Å². The maximum absolute atomic E-state index is 14.9. The van der Waals surface area contributed by atoms with E-state index in [2.05, 4.69) is 6.92 Å². The van der Waals surface area contributed by atoms with Gasteiger partial charge in [-0.05, 0) is 49.4 Å². The van der Waals surface area contributed by atoms with Gasteiger partial charge in [0, 0.05) is 17.0 Å². The fourth-order valence-corrected chi connectivity index (χ4v) is 4.10. The topological polar surface area (TPSA) is 18.5 Å². The van der Waals surface area contributed by atoms with Crippen LogP contribution in [0, 0.1) is 17.5 Å². The third-order valence-electron chi connectivity index (χ3n) is 6.06. The van der Waals surface area contributed by atoms with Gasteiger partial charge in [-0.15, -0.1) is 0 Å². The predicted octanol–water partition coefficient (Wildman–Crippen LogP) is 7.79. The summed E-state index contributed by atoms with van der Waals surface area (Å²) in [6.45, 7) is 5.06. The Bertz CT molecular complexity index is 845. The van der Waals surface area contributed by atoms with Crippen LogP contribution in [-0.2, 0) is 4.74 Å². The fourth-order valence-electron chi connectivity index (χ4n) is 4.10. The van der Waals surface area contributed by atoms with E-state index in [9.17, 15) is 13.2 Å². The smallest absolute Gasteiger partial charge is 0.201 e. The molecule has 1 heterocycles. The third kappa shape index (κ3) is 6.03. The lowest BCUT2D eigenvalue weighted by Crippen LogP contribution is -2.24. The molecule has 1 aliphatic rings. The summed E-state index contributed by atoms with van der Waals surface area (Å²) in [6, 6.07) is 7.51. The molecule has 1 fully saturated rings. The van der Waals surface area contributed by atoms with E-state index in [4.69, 9.17) is 9.47 Å². The van der Waals surface area contributed by atoms with Crippen molar-refractivity contribution in [1.29, 1.82) is 0 Å². The van der Waals surface area contributed by atoms with E-state index in [0.29, 0.717) is 19.3 Å². The molecule has 2 unspecified atom stereocenters. The first-order chi connectivity index (χ1) is 15.0. The van der Waals surface area contributed by atoms with Crippen molar-refractivity contribution < 1.29 is 22.6 Å². The van der Waals surface area contributed by atoms with Crippen LogP contribution in [0.2, 0.25) is 0 Å². The van der Waals surface area contributed by atoms with Gasteiger partial charge in [0.1, 0.15) is 5.82 Å². The van der Waals surface area contributed by atoms with Gasteiger partial charge < -0.3 is 9.47 Å². The molecule has 1 saturated heterocycles. The standard InChI is InChI=1S/C26H33F3O2/c1-3-5-7-8-20-11-9-19(17-31-20)18-10-12-21(23(27)16-18)22-13-14-24(26(29)25(22)28)30-15-6-4-2/h10,12-14,16,19-20H,3-9,11,15,17H2,1-2H3. The Morgan fingerprint density at radius 3 is 2.35 bits per heavy atom. The molecule has 2 aromatic rings. The second kappa shape index (κ2) is 11.6. The summed E-state index contributed by atoms with van der Waals surface area (Å²) in [5.41, 5.74) is 0.795. The minimum Gasteiger partial charge on any atom is -0.490 e. The van der Waals surface area contributed by atoms with E-state index in [0.717, 1.165) is 37.7 Å². The first-order valence-corrected chi connectivity index (χ1v) is 11.6. The van der Waals surface area contributed by atoms with Crippen molar-refractivity contribution in [1.82, 2.24) is 0 Å². The first kappa shape index (κ1) is 23.6. The summed E-state index contributed by atoms with van der Waals surface area (Å²) >= 11 is 0. The molecule has 0 aromatic heterocycles. The number of halogens is 3. The highest BCUT2D eigenvalue weighted by molar-refractivity contribution is 5.66. The van der Waals surface area contributed by atoms with Gasteiger partial charge in [-0.2, -0.15) is 4.39 Å². The number of hydrogen-bond acceptors (Lipinski definition) is 2. The minimum absolute atomic E-state index is 0.0504. The lowest BCUT2D eigenvalue weighted by atomic mass is 9.89. The van der Waals surface area contributed by atoms with Crippen molar-refractivity contribution in [2.75, 3.05) is 13.2 Å². The van der Waals surface area contributed by atoms with Gasteiger partial charge in [0.15, 0.2) is 11.6 Å². The molecule has 2 atom stereocenters. The molecule has 0 saturated carbocycles. The SMILES string of the molecule is CCCCCC1CCC(c2ccc(-c3ccc(OCCCC)c(F)c3F)c(F)c2)CO1. The molecule has 0 bridgehead atoms. The summed E-state index contributed by atoms with van der Waals surface area (Å²) in [5.74, 6) is -2.73. The number of unbranched alkanes of at least 4 members (excludes halogenated alkanes) is 3. The summed E-state index contributed by atoms with van der Waals surface area (Å²) in [5, 5.41) is 0.